The molecule has 0 fully saturated rings. The maximum absolute atomic E-state index is 13.1. The van der Waals surface area contributed by atoms with E-state index in [9.17, 15) is 9.18 Å². The molecular weight excluding hydrogens is 197 g/mol. The van der Waals surface area contributed by atoms with Gasteiger partial charge in [-0.15, -0.1) is 0 Å². The van der Waals surface area contributed by atoms with Crippen molar-refractivity contribution in [3.05, 3.63) is 34.6 Å². The number of hydrogen-bond donors (Lipinski definition) is 2. The molecule has 0 aliphatic carbocycles. The van der Waals surface area contributed by atoms with E-state index in [0.29, 0.717) is 0 Å². The van der Waals surface area contributed by atoms with Gasteiger partial charge in [0.2, 0.25) is 0 Å². The molecular formula is C8H7ClFNO2. The third kappa shape index (κ3) is 1.96. The minimum Gasteiger partial charge on any atom is -0.480 e. The SMILES string of the molecule is N[C@H](C(=O)O)c1cccc(Cl)c1F. The standard InChI is InChI=1S/C8H7ClFNO2/c9-5-3-1-2-4(6(5)10)7(11)8(12)13/h1-3,7H,11H2,(H,12,13)/t7-/m0/s1. The van der Waals surface area contributed by atoms with Crippen LogP contribution in [0, 0.1) is 5.82 Å². The van der Waals surface area contributed by atoms with Gasteiger partial charge in [-0.2, -0.15) is 0 Å². The summed E-state index contributed by atoms with van der Waals surface area (Å²) in [6.07, 6.45) is 0. The molecule has 13 heavy (non-hydrogen) atoms. The van der Waals surface area contributed by atoms with Gasteiger partial charge >= 0.3 is 5.97 Å². The zero-order valence-corrected chi connectivity index (χ0v) is 7.25. The minimum atomic E-state index is -1.38. The summed E-state index contributed by atoms with van der Waals surface area (Å²) in [6, 6.07) is 2.69. The van der Waals surface area contributed by atoms with E-state index < -0.39 is 17.8 Å². The number of aliphatic carboxylic acids is 1. The third-order valence-electron chi connectivity index (χ3n) is 1.58. The Labute approximate surface area is 78.9 Å². The molecule has 70 valence electrons. The van der Waals surface area contributed by atoms with Crippen LogP contribution in [-0.4, -0.2) is 11.1 Å². The maximum Gasteiger partial charge on any atom is 0.325 e. The lowest BCUT2D eigenvalue weighted by Gasteiger charge is -2.08. The number of benzene rings is 1. The average Bonchev–Trinajstić information content (AvgIpc) is 2.08. The quantitative estimate of drug-likeness (QED) is 0.767. The van der Waals surface area contributed by atoms with Crippen LogP contribution in [0.3, 0.4) is 0 Å². The van der Waals surface area contributed by atoms with E-state index >= 15 is 0 Å². The van der Waals surface area contributed by atoms with Crippen molar-refractivity contribution in [2.45, 2.75) is 6.04 Å². The van der Waals surface area contributed by atoms with Crippen LogP contribution in [-0.2, 0) is 4.79 Å². The Bertz CT molecular complexity index is 343. The largest absolute Gasteiger partial charge is 0.480 e. The van der Waals surface area contributed by atoms with E-state index in [2.05, 4.69) is 0 Å². The number of hydrogen-bond acceptors (Lipinski definition) is 2. The van der Waals surface area contributed by atoms with Crippen LogP contribution in [0.2, 0.25) is 5.02 Å². The van der Waals surface area contributed by atoms with Gasteiger partial charge < -0.3 is 10.8 Å². The van der Waals surface area contributed by atoms with Gasteiger partial charge in [0.25, 0.3) is 0 Å². The normalized spacial score (nSPS) is 12.5. The Morgan fingerprint density at radius 1 is 1.62 bits per heavy atom. The van der Waals surface area contributed by atoms with Crippen molar-refractivity contribution in [2.24, 2.45) is 5.73 Å². The third-order valence-corrected chi connectivity index (χ3v) is 1.87. The van der Waals surface area contributed by atoms with Crippen molar-refractivity contribution < 1.29 is 14.3 Å². The first-order chi connectivity index (χ1) is 6.04. The maximum atomic E-state index is 13.1. The zero-order chi connectivity index (χ0) is 10.0. The van der Waals surface area contributed by atoms with Gasteiger partial charge in [0.15, 0.2) is 0 Å². The molecule has 0 spiro atoms. The highest BCUT2D eigenvalue weighted by atomic mass is 35.5. The number of carboxylic acids is 1. The second-order valence-corrected chi connectivity index (χ2v) is 2.87. The number of carboxylic acid groups (broad SMARTS) is 1. The number of rotatable bonds is 2. The van der Waals surface area contributed by atoms with Crippen LogP contribution in [0.25, 0.3) is 0 Å². The van der Waals surface area contributed by atoms with E-state index in [-0.39, 0.29) is 10.6 Å². The van der Waals surface area contributed by atoms with Gasteiger partial charge in [0, 0.05) is 5.56 Å². The Morgan fingerprint density at radius 3 is 2.77 bits per heavy atom. The first-order valence-electron chi connectivity index (χ1n) is 3.46. The lowest BCUT2D eigenvalue weighted by Crippen LogP contribution is -2.21. The van der Waals surface area contributed by atoms with Crippen LogP contribution in [0.15, 0.2) is 18.2 Å². The molecule has 0 unspecified atom stereocenters. The highest BCUT2D eigenvalue weighted by molar-refractivity contribution is 6.30. The van der Waals surface area contributed by atoms with E-state index in [1.54, 1.807) is 0 Å². The van der Waals surface area contributed by atoms with Crippen molar-refractivity contribution >= 4 is 17.6 Å². The lowest BCUT2D eigenvalue weighted by atomic mass is 10.1. The topological polar surface area (TPSA) is 63.3 Å². The summed E-state index contributed by atoms with van der Waals surface area (Å²) < 4.78 is 13.1. The predicted octanol–water partition coefficient (Wildman–Crippen LogP) is 1.56. The zero-order valence-electron chi connectivity index (χ0n) is 6.50. The van der Waals surface area contributed by atoms with E-state index in [0.717, 1.165) is 0 Å². The van der Waals surface area contributed by atoms with Crippen LogP contribution in [0.4, 0.5) is 4.39 Å². The van der Waals surface area contributed by atoms with E-state index in [4.69, 9.17) is 22.4 Å². The number of halogens is 2. The molecule has 0 amide bonds. The molecule has 0 saturated heterocycles. The fourth-order valence-corrected chi connectivity index (χ4v) is 1.08. The molecule has 3 N–H and O–H groups in total. The summed E-state index contributed by atoms with van der Waals surface area (Å²) in [4.78, 5) is 10.4. The number of carbonyl (C=O) groups is 1. The Kier molecular flexibility index (Phi) is 2.85. The minimum absolute atomic E-state index is 0.111. The van der Waals surface area contributed by atoms with Gasteiger partial charge in [0.05, 0.1) is 5.02 Å². The molecule has 1 rings (SSSR count). The fourth-order valence-electron chi connectivity index (χ4n) is 0.894. The monoisotopic (exact) mass is 203 g/mol. The Morgan fingerprint density at radius 2 is 2.23 bits per heavy atom. The molecule has 1 aromatic rings. The molecule has 0 radical (unpaired) electrons. The smallest absolute Gasteiger partial charge is 0.325 e. The van der Waals surface area contributed by atoms with Crippen molar-refractivity contribution in [2.75, 3.05) is 0 Å². The molecule has 0 bridgehead atoms. The first kappa shape index (κ1) is 9.95. The van der Waals surface area contributed by atoms with Crippen LogP contribution < -0.4 is 5.73 Å². The Hall–Kier alpha value is -1.13. The molecule has 5 heteroatoms. The van der Waals surface area contributed by atoms with Crippen molar-refractivity contribution in [1.29, 1.82) is 0 Å². The molecule has 0 aliphatic heterocycles. The van der Waals surface area contributed by atoms with Crippen LogP contribution in [0.1, 0.15) is 11.6 Å². The molecule has 3 nitrogen and oxygen atoms in total. The molecule has 1 atom stereocenters. The first-order valence-corrected chi connectivity index (χ1v) is 3.84. The van der Waals surface area contributed by atoms with Crippen molar-refractivity contribution in [1.82, 2.24) is 0 Å². The summed E-state index contributed by atoms with van der Waals surface area (Å²) >= 11 is 5.44. The highest BCUT2D eigenvalue weighted by Crippen LogP contribution is 2.21. The summed E-state index contributed by atoms with van der Waals surface area (Å²) in [7, 11) is 0. The van der Waals surface area contributed by atoms with E-state index in [1.165, 1.54) is 18.2 Å². The van der Waals surface area contributed by atoms with Crippen LogP contribution >= 0.6 is 11.6 Å². The molecule has 0 aliphatic rings. The van der Waals surface area contributed by atoms with Crippen molar-refractivity contribution in [3.8, 4) is 0 Å². The van der Waals surface area contributed by atoms with Gasteiger partial charge in [-0.1, -0.05) is 23.7 Å². The van der Waals surface area contributed by atoms with Gasteiger partial charge in [-0.25, -0.2) is 4.39 Å². The summed E-state index contributed by atoms with van der Waals surface area (Å²) in [6.45, 7) is 0. The summed E-state index contributed by atoms with van der Waals surface area (Å²) in [5, 5.41) is 8.39. The summed E-state index contributed by atoms with van der Waals surface area (Å²) in [5.41, 5.74) is 5.10. The fraction of sp³-hybridized carbons (Fsp3) is 0.125. The van der Waals surface area contributed by atoms with Gasteiger partial charge in [-0.3, -0.25) is 4.79 Å². The lowest BCUT2D eigenvalue weighted by molar-refractivity contribution is -0.138. The Balaban J connectivity index is 3.15. The van der Waals surface area contributed by atoms with Gasteiger partial charge in [0.1, 0.15) is 11.9 Å². The molecule has 1 aromatic carbocycles. The average molecular weight is 204 g/mol. The van der Waals surface area contributed by atoms with E-state index in [1.807, 2.05) is 0 Å². The highest BCUT2D eigenvalue weighted by Gasteiger charge is 2.19. The van der Waals surface area contributed by atoms with Crippen LogP contribution in [0.5, 0.6) is 0 Å². The predicted molar refractivity (Wildman–Crippen MR) is 46.0 cm³/mol. The molecule has 0 aromatic heterocycles. The van der Waals surface area contributed by atoms with Gasteiger partial charge in [-0.05, 0) is 6.07 Å². The molecule has 0 heterocycles. The number of nitrogens with two attached hydrogens (primary N) is 1. The second-order valence-electron chi connectivity index (χ2n) is 2.46. The summed E-state index contributed by atoms with van der Waals surface area (Å²) in [5.74, 6) is -2.07. The van der Waals surface area contributed by atoms with Crippen molar-refractivity contribution in [3.63, 3.8) is 0 Å². The second kappa shape index (κ2) is 3.72. The molecule has 0 saturated carbocycles.